The molecule has 0 saturated carbocycles. The molecule has 1 rings (SSSR count). The van der Waals surface area contributed by atoms with Crippen molar-refractivity contribution in [1.29, 1.82) is 0 Å². The highest BCUT2D eigenvalue weighted by atomic mass is 35.5. The molecule has 70 valence electrons. The van der Waals surface area contributed by atoms with Crippen molar-refractivity contribution in [2.24, 2.45) is 0 Å². The van der Waals surface area contributed by atoms with E-state index in [1.54, 1.807) is 19.1 Å². The molecule has 0 radical (unpaired) electrons. The molecule has 0 aliphatic heterocycles. The summed E-state index contributed by atoms with van der Waals surface area (Å²) in [6.07, 6.45) is -0.362. The molecule has 0 aliphatic rings. The van der Waals surface area contributed by atoms with Gasteiger partial charge in [-0.15, -0.1) is 0 Å². The quantitative estimate of drug-likeness (QED) is 0.426. The number of carbonyl (C=O) groups is 1. The van der Waals surface area contributed by atoms with Gasteiger partial charge in [0.05, 0.1) is 0 Å². The number of benzene rings is 1. The summed E-state index contributed by atoms with van der Waals surface area (Å²) in [5, 5.41) is 0.587. The lowest BCUT2D eigenvalue weighted by Gasteiger charge is -2.10. The van der Waals surface area contributed by atoms with Gasteiger partial charge in [-0.3, -0.25) is 4.79 Å². The Hall–Kier alpha value is -1.06. The van der Waals surface area contributed by atoms with Crippen molar-refractivity contribution < 1.29 is 14.6 Å². The summed E-state index contributed by atoms with van der Waals surface area (Å²) in [7, 11) is 0. The van der Waals surface area contributed by atoms with Gasteiger partial charge in [0.2, 0.25) is 0 Å². The predicted octanol–water partition coefficient (Wildman–Crippen LogP) is 2.51. The smallest absolute Gasteiger partial charge is 0.301 e. The van der Waals surface area contributed by atoms with E-state index in [9.17, 15) is 4.79 Å². The first-order valence-corrected chi connectivity index (χ1v) is 4.13. The van der Waals surface area contributed by atoms with Crippen LogP contribution in [-0.4, -0.2) is 6.47 Å². The van der Waals surface area contributed by atoms with Crippen molar-refractivity contribution in [3.8, 4) is 0 Å². The minimum atomic E-state index is -0.362. The third-order valence-corrected chi connectivity index (χ3v) is 1.93. The molecule has 0 heterocycles. The van der Waals surface area contributed by atoms with Gasteiger partial charge in [0.25, 0.3) is 0 Å². The van der Waals surface area contributed by atoms with Crippen LogP contribution in [0.15, 0.2) is 24.3 Å². The van der Waals surface area contributed by atoms with Crippen LogP contribution in [0, 0.1) is 0 Å². The summed E-state index contributed by atoms with van der Waals surface area (Å²) in [4.78, 5) is 18.7. The van der Waals surface area contributed by atoms with Gasteiger partial charge in [0.1, 0.15) is 6.10 Å². The molecule has 0 N–H and O–H groups in total. The average molecular weight is 201 g/mol. The summed E-state index contributed by atoms with van der Waals surface area (Å²) in [5.41, 5.74) is 0.783. The van der Waals surface area contributed by atoms with E-state index < -0.39 is 0 Å². The number of halogens is 1. The molecule has 0 fully saturated rings. The van der Waals surface area contributed by atoms with Crippen LogP contribution in [0.5, 0.6) is 0 Å². The normalized spacial score (nSPS) is 12.2. The van der Waals surface area contributed by atoms with Crippen LogP contribution in [0.25, 0.3) is 0 Å². The first-order chi connectivity index (χ1) is 6.25. The lowest BCUT2D eigenvalue weighted by molar-refractivity contribution is -0.285. The zero-order valence-electron chi connectivity index (χ0n) is 7.07. The van der Waals surface area contributed by atoms with Crippen molar-refractivity contribution in [2.75, 3.05) is 0 Å². The lowest BCUT2D eigenvalue weighted by Crippen LogP contribution is -2.00. The number of carbonyl (C=O) groups excluding carboxylic acids is 1. The Balaban J connectivity index is 2.70. The molecule has 3 nitrogen and oxygen atoms in total. The Morgan fingerprint density at radius 2 is 2.15 bits per heavy atom. The standard InChI is InChI=1S/C9H9ClO3/c1-7(13-12-6-11)8-4-2-3-5-9(8)10/h2-7H,1H3. The van der Waals surface area contributed by atoms with E-state index in [1.807, 2.05) is 12.1 Å². The van der Waals surface area contributed by atoms with Gasteiger partial charge < -0.3 is 4.89 Å². The first-order valence-electron chi connectivity index (χ1n) is 3.76. The van der Waals surface area contributed by atoms with Gasteiger partial charge in [0, 0.05) is 10.6 Å². The van der Waals surface area contributed by atoms with E-state index in [0.717, 1.165) is 5.56 Å². The van der Waals surface area contributed by atoms with Crippen LogP contribution in [0.4, 0.5) is 0 Å². The number of rotatable bonds is 4. The number of hydrogen-bond acceptors (Lipinski definition) is 3. The molecule has 13 heavy (non-hydrogen) atoms. The summed E-state index contributed by atoms with van der Waals surface area (Å²) in [6, 6.07) is 7.21. The zero-order chi connectivity index (χ0) is 9.68. The molecule has 0 spiro atoms. The third kappa shape index (κ3) is 2.72. The summed E-state index contributed by atoms with van der Waals surface area (Å²) in [5.74, 6) is 0. The van der Waals surface area contributed by atoms with E-state index in [-0.39, 0.29) is 12.6 Å². The van der Waals surface area contributed by atoms with E-state index in [0.29, 0.717) is 5.02 Å². The lowest BCUT2D eigenvalue weighted by atomic mass is 10.1. The molecule has 0 aromatic heterocycles. The minimum Gasteiger partial charge on any atom is -0.301 e. The highest BCUT2D eigenvalue weighted by Gasteiger charge is 2.10. The fourth-order valence-corrected chi connectivity index (χ4v) is 1.25. The fourth-order valence-electron chi connectivity index (χ4n) is 0.963. The van der Waals surface area contributed by atoms with Crippen molar-refractivity contribution >= 4 is 18.1 Å². The van der Waals surface area contributed by atoms with E-state index in [1.165, 1.54) is 0 Å². The van der Waals surface area contributed by atoms with Gasteiger partial charge in [-0.2, -0.15) is 4.89 Å². The second kappa shape index (κ2) is 4.84. The second-order valence-electron chi connectivity index (χ2n) is 2.45. The molecule has 1 aromatic carbocycles. The van der Waals surface area contributed by atoms with Crippen molar-refractivity contribution in [3.63, 3.8) is 0 Å². The van der Waals surface area contributed by atoms with Gasteiger partial charge in [-0.1, -0.05) is 29.8 Å². The van der Waals surface area contributed by atoms with Gasteiger partial charge in [-0.05, 0) is 13.0 Å². The maximum Gasteiger partial charge on any atom is 0.330 e. The largest absolute Gasteiger partial charge is 0.330 e. The van der Waals surface area contributed by atoms with Crippen LogP contribution < -0.4 is 0 Å². The molecular formula is C9H9ClO3. The Kier molecular flexibility index (Phi) is 3.73. The number of hydrogen-bond donors (Lipinski definition) is 0. The Bertz CT molecular complexity index is 288. The highest BCUT2D eigenvalue weighted by molar-refractivity contribution is 6.31. The van der Waals surface area contributed by atoms with E-state index >= 15 is 0 Å². The van der Waals surface area contributed by atoms with Crippen molar-refractivity contribution in [3.05, 3.63) is 34.9 Å². The van der Waals surface area contributed by atoms with Gasteiger partial charge >= 0.3 is 6.47 Å². The van der Waals surface area contributed by atoms with Crippen LogP contribution in [0.1, 0.15) is 18.6 Å². The monoisotopic (exact) mass is 200 g/mol. The summed E-state index contributed by atoms with van der Waals surface area (Å²) in [6.45, 7) is 1.97. The predicted molar refractivity (Wildman–Crippen MR) is 48.1 cm³/mol. The Morgan fingerprint density at radius 1 is 1.46 bits per heavy atom. The fraction of sp³-hybridized carbons (Fsp3) is 0.222. The maximum absolute atomic E-state index is 9.85. The highest BCUT2D eigenvalue weighted by Crippen LogP contribution is 2.24. The molecule has 0 aliphatic carbocycles. The van der Waals surface area contributed by atoms with Crippen molar-refractivity contribution in [1.82, 2.24) is 0 Å². The molecule has 0 amide bonds. The summed E-state index contributed by atoms with van der Waals surface area (Å²) < 4.78 is 0. The molecule has 1 aromatic rings. The second-order valence-corrected chi connectivity index (χ2v) is 2.86. The van der Waals surface area contributed by atoms with Crippen LogP contribution in [0.2, 0.25) is 5.02 Å². The summed E-state index contributed by atoms with van der Waals surface area (Å²) >= 11 is 5.87. The first kappa shape index (κ1) is 10.0. The van der Waals surface area contributed by atoms with E-state index in [2.05, 4.69) is 4.89 Å². The molecule has 0 saturated heterocycles. The topological polar surface area (TPSA) is 35.5 Å². The molecular weight excluding hydrogens is 192 g/mol. The van der Waals surface area contributed by atoms with Gasteiger partial charge in [0.15, 0.2) is 0 Å². The van der Waals surface area contributed by atoms with Gasteiger partial charge in [-0.25, -0.2) is 0 Å². The molecule has 1 unspecified atom stereocenters. The molecule has 4 heteroatoms. The van der Waals surface area contributed by atoms with Crippen LogP contribution in [0.3, 0.4) is 0 Å². The maximum atomic E-state index is 9.85. The van der Waals surface area contributed by atoms with Crippen LogP contribution >= 0.6 is 11.6 Å². The van der Waals surface area contributed by atoms with Crippen LogP contribution in [-0.2, 0) is 14.6 Å². The minimum absolute atomic E-state index is 0.230. The molecule has 0 bridgehead atoms. The molecule has 1 atom stereocenters. The SMILES string of the molecule is CC(OOC=O)c1ccccc1Cl. The van der Waals surface area contributed by atoms with E-state index in [4.69, 9.17) is 16.5 Å². The Labute approximate surface area is 81.1 Å². The zero-order valence-corrected chi connectivity index (χ0v) is 7.82. The average Bonchev–Trinajstić information content (AvgIpc) is 2.15. The third-order valence-electron chi connectivity index (χ3n) is 1.58. The Morgan fingerprint density at radius 3 is 2.77 bits per heavy atom. The van der Waals surface area contributed by atoms with Crippen molar-refractivity contribution in [2.45, 2.75) is 13.0 Å².